The van der Waals surface area contributed by atoms with Crippen molar-refractivity contribution in [2.45, 2.75) is 66.2 Å². The summed E-state index contributed by atoms with van der Waals surface area (Å²) in [5.74, 6) is -0.885. The second-order valence-corrected chi connectivity index (χ2v) is 9.40. The molecule has 29 heavy (non-hydrogen) atoms. The fraction of sp³-hybridized carbons (Fsp3) is 0.625. The van der Waals surface area contributed by atoms with Crippen LogP contribution in [0.25, 0.3) is 0 Å². The Morgan fingerprint density at radius 3 is 2.59 bits per heavy atom. The Bertz CT molecular complexity index is 832. The smallest absolute Gasteiger partial charge is 0.308 e. The minimum atomic E-state index is -0.606. The first-order chi connectivity index (χ1) is 13.5. The van der Waals surface area contributed by atoms with Gasteiger partial charge in [0.1, 0.15) is 0 Å². The van der Waals surface area contributed by atoms with Crippen molar-refractivity contribution in [3.63, 3.8) is 0 Å². The van der Waals surface area contributed by atoms with Crippen LogP contribution in [0.3, 0.4) is 0 Å². The molecule has 2 saturated carbocycles. The Kier molecular flexibility index (Phi) is 5.63. The molecule has 0 spiro atoms. The van der Waals surface area contributed by atoms with Crippen LogP contribution in [-0.4, -0.2) is 24.6 Å². The molecule has 3 aliphatic carbocycles. The number of fused-ring (bicyclic) bond motifs is 1. The Balaban J connectivity index is 2.07. The molecule has 0 heterocycles. The molecule has 0 unspecified atom stereocenters. The maximum Gasteiger partial charge on any atom is 0.308 e. The number of Topliss-reactive ketones (excluding diaryl/α,β-unsaturated/α-hetero) is 1. The molecule has 0 amide bonds. The number of allylic oxidation sites excluding steroid dienone is 3. The van der Waals surface area contributed by atoms with E-state index in [-0.39, 0.29) is 33.7 Å². The summed E-state index contributed by atoms with van der Waals surface area (Å²) in [6.45, 7) is 12.4. The van der Waals surface area contributed by atoms with Gasteiger partial charge in [-0.3, -0.25) is 14.4 Å². The van der Waals surface area contributed by atoms with Crippen LogP contribution in [0.2, 0.25) is 0 Å². The lowest BCUT2D eigenvalue weighted by atomic mass is 9.46. The average Bonchev–Trinajstić information content (AvgIpc) is 2.66. The number of methoxy groups -OCH3 is 1. The predicted molar refractivity (Wildman–Crippen MR) is 110 cm³/mol. The van der Waals surface area contributed by atoms with Gasteiger partial charge in [0.25, 0.3) is 0 Å². The van der Waals surface area contributed by atoms with Gasteiger partial charge in [-0.25, -0.2) is 0 Å². The van der Waals surface area contributed by atoms with Crippen LogP contribution in [0.4, 0.5) is 0 Å². The Labute approximate surface area is 173 Å². The van der Waals surface area contributed by atoms with Crippen LogP contribution < -0.4 is 0 Å². The molecule has 0 radical (unpaired) electrons. The second-order valence-electron chi connectivity index (χ2n) is 9.40. The summed E-state index contributed by atoms with van der Waals surface area (Å²) in [4.78, 5) is 37.4. The highest BCUT2D eigenvalue weighted by atomic mass is 16.5. The number of ether oxygens (including phenoxy) is 2. The predicted octanol–water partition coefficient (Wildman–Crippen LogP) is 4.67. The lowest BCUT2D eigenvalue weighted by Gasteiger charge is -2.59. The third kappa shape index (κ3) is 3.49. The van der Waals surface area contributed by atoms with Crippen molar-refractivity contribution in [1.29, 1.82) is 0 Å². The lowest BCUT2D eigenvalue weighted by Crippen LogP contribution is -2.51. The minimum Gasteiger partial charge on any atom is -0.493 e. The number of hydrogen-bond acceptors (Lipinski definition) is 5. The molecule has 2 fully saturated rings. The number of rotatable bonds is 4. The molecule has 3 aliphatic rings. The second kappa shape index (κ2) is 7.58. The number of hydrogen-bond donors (Lipinski definition) is 0. The molecule has 0 saturated heterocycles. The highest BCUT2D eigenvalue weighted by Gasteiger charge is 2.55. The normalized spacial score (nSPS) is 35.2. The van der Waals surface area contributed by atoms with Gasteiger partial charge in [-0.05, 0) is 61.2 Å². The van der Waals surface area contributed by atoms with Crippen molar-refractivity contribution in [3.8, 4) is 0 Å². The number of esters is 1. The summed E-state index contributed by atoms with van der Waals surface area (Å²) in [5, 5.41) is 0. The van der Waals surface area contributed by atoms with Gasteiger partial charge in [-0.15, -0.1) is 0 Å². The van der Waals surface area contributed by atoms with E-state index in [4.69, 9.17) is 9.47 Å². The summed E-state index contributed by atoms with van der Waals surface area (Å²) >= 11 is 0. The fourth-order valence-electron chi connectivity index (χ4n) is 5.86. The number of carbonyl (C=O) groups is 3. The molecule has 5 nitrogen and oxygen atoms in total. The summed E-state index contributed by atoms with van der Waals surface area (Å²) < 4.78 is 10.4. The van der Waals surface area contributed by atoms with E-state index in [2.05, 4.69) is 27.4 Å². The molecule has 5 heteroatoms. The largest absolute Gasteiger partial charge is 0.493 e. The Morgan fingerprint density at radius 2 is 1.97 bits per heavy atom. The molecular formula is C24H32O5. The monoisotopic (exact) mass is 400 g/mol. The molecule has 0 aromatic rings. The van der Waals surface area contributed by atoms with E-state index in [1.54, 1.807) is 0 Å². The molecule has 158 valence electrons. The van der Waals surface area contributed by atoms with Gasteiger partial charge in [0.2, 0.25) is 11.6 Å². The number of ketones is 2. The molecule has 0 aromatic heterocycles. The first-order valence-electron chi connectivity index (χ1n) is 10.5. The van der Waals surface area contributed by atoms with Crippen molar-refractivity contribution in [3.05, 3.63) is 35.3 Å². The van der Waals surface area contributed by atoms with Crippen LogP contribution in [-0.2, 0) is 23.9 Å². The van der Waals surface area contributed by atoms with E-state index < -0.39 is 11.8 Å². The van der Waals surface area contributed by atoms with E-state index in [1.165, 1.54) is 19.6 Å². The summed E-state index contributed by atoms with van der Waals surface area (Å²) in [6, 6.07) is 0. The van der Waals surface area contributed by atoms with E-state index >= 15 is 0 Å². The zero-order valence-electron chi connectivity index (χ0n) is 18.2. The van der Waals surface area contributed by atoms with Crippen molar-refractivity contribution >= 4 is 17.5 Å². The maximum atomic E-state index is 13.1. The molecule has 3 rings (SSSR count). The molecule has 4 atom stereocenters. The summed E-state index contributed by atoms with van der Waals surface area (Å²) in [6.07, 6.45) is 6.84. The lowest BCUT2D eigenvalue weighted by molar-refractivity contribution is -0.140. The van der Waals surface area contributed by atoms with E-state index in [9.17, 15) is 14.4 Å². The van der Waals surface area contributed by atoms with Crippen LogP contribution in [0.15, 0.2) is 35.3 Å². The van der Waals surface area contributed by atoms with E-state index in [0.29, 0.717) is 18.3 Å². The molecule has 0 aromatic carbocycles. The highest BCUT2D eigenvalue weighted by Crippen LogP contribution is 2.63. The van der Waals surface area contributed by atoms with Gasteiger partial charge in [0, 0.05) is 13.0 Å². The molecule has 0 aliphatic heterocycles. The third-order valence-corrected chi connectivity index (χ3v) is 7.85. The third-order valence-electron chi connectivity index (χ3n) is 7.85. The van der Waals surface area contributed by atoms with Crippen molar-refractivity contribution in [2.75, 3.05) is 7.11 Å². The van der Waals surface area contributed by atoms with Gasteiger partial charge < -0.3 is 9.47 Å². The SMILES string of the molecule is C=C1CCC[C@H]2[C@](C)(CC3=C(OC(C)=O)C(=O)C=C(OC)C3=O)[C@@H](C)CC[C@]12C. The number of carbonyl (C=O) groups excluding carboxylic acids is 3. The van der Waals surface area contributed by atoms with Crippen molar-refractivity contribution < 1.29 is 23.9 Å². The van der Waals surface area contributed by atoms with Gasteiger partial charge >= 0.3 is 5.97 Å². The molecular weight excluding hydrogens is 368 g/mol. The Hall–Kier alpha value is -2.17. The van der Waals surface area contributed by atoms with Gasteiger partial charge in [0.05, 0.1) is 12.7 Å². The highest BCUT2D eigenvalue weighted by molar-refractivity contribution is 6.21. The van der Waals surface area contributed by atoms with Crippen LogP contribution in [0.1, 0.15) is 66.2 Å². The zero-order chi connectivity index (χ0) is 21.6. The fourth-order valence-corrected chi connectivity index (χ4v) is 5.86. The maximum absolute atomic E-state index is 13.1. The van der Waals surface area contributed by atoms with E-state index in [0.717, 1.165) is 38.2 Å². The molecule has 0 N–H and O–H groups in total. The van der Waals surface area contributed by atoms with Crippen molar-refractivity contribution in [1.82, 2.24) is 0 Å². The minimum absolute atomic E-state index is 0.00350. The average molecular weight is 401 g/mol. The summed E-state index contributed by atoms with van der Waals surface area (Å²) in [5.41, 5.74) is 1.37. The zero-order valence-corrected chi connectivity index (χ0v) is 18.2. The molecule has 0 bridgehead atoms. The van der Waals surface area contributed by atoms with Crippen molar-refractivity contribution in [2.24, 2.45) is 22.7 Å². The van der Waals surface area contributed by atoms with Gasteiger partial charge in [-0.2, -0.15) is 0 Å². The van der Waals surface area contributed by atoms with Crippen LogP contribution in [0, 0.1) is 22.7 Å². The first-order valence-corrected chi connectivity index (χ1v) is 10.5. The quantitative estimate of drug-likeness (QED) is 0.389. The van der Waals surface area contributed by atoms with Crippen LogP contribution >= 0.6 is 0 Å². The van der Waals surface area contributed by atoms with Gasteiger partial charge in [-0.1, -0.05) is 32.9 Å². The Morgan fingerprint density at radius 1 is 1.28 bits per heavy atom. The first kappa shape index (κ1) is 21.5. The van der Waals surface area contributed by atoms with E-state index in [1.807, 2.05) is 0 Å². The van der Waals surface area contributed by atoms with Gasteiger partial charge in [0.15, 0.2) is 11.5 Å². The van der Waals surface area contributed by atoms with Crippen LogP contribution in [0.5, 0.6) is 0 Å². The topological polar surface area (TPSA) is 69.7 Å². The summed E-state index contributed by atoms with van der Waals surface area (Å²) in [7, 11) is 1.37. The standard InChI is InChI=1S/C24H32O5/c1-14-8-7-9-20-23(14,4)11-10-15(2)24(20,5)13-17-21(27)19(28-6)12-18(26)22(17)29-16(3)25/h12,15,20H,1,7-11,13H2,2-6H3/t15-,20+,23+,24+/m0/s1.